The van der Waals surface area contributed by atoms with Gasteiger partial charge in [-0.2, -0.15) is 0 Å². The Morgan fingerprint density at radius 1 is 1.08 bits per heavy atom. The monoisotopic (exact) mass is 323 g/mol. The number of ketones is 1. The van der Waals surface area contributed by atoms with Crippen molar-refractivity contribution in [2.75, 3.05) is 11.4 Å². The second-order valence-corrected chi connectivity index (χ2v) is 6.21. The summed E-state index contributed by atoms with van der Waals surface area (Å²) in [5.74, 6) is -0.544. The Kier molecular flexibility index (Phi) is 4.49. The number of hydrogen-bond acceptors (Lipinski definition) is 3. The van der Waals surface area contributed by atoms with Crippen molar-refractivity contribution in [2.45, 2.75) is 31.8 Å². The van der Waals surface area contributed by atoms with Crippen LogP contribution < -0.4 is 4.90 Å². The van der Waals surface area contributed by atoms with Gasteiger partial charge in [-0.05, 0) is 18.1 Å². The van der Waals surface area contributed by atoms with Crippen molar-refractivity contribution < 1.29 is 14.7 Å². The Balaban J connectivity index is 1.86. The molecule has 4 nitrogen and oxygen atoms in total. The normalized spacial score (nSPS) is 19.4. The van der Waals surface area contributed by atoms with Crippen molar-refractivity contribution in [3.05, 3.63) is 65.7 Å². The summed E-state index contributed by atoms with van der Waals surface area (Å²) in [5, 5.41) is 11.0. The largest absolute Gasteiger partial charge is 0.375 e. The zero-order valence-corrected chi connectivity index (χ0v) is 13.7. The Morgan fingerprint density at radius 3 is 2.46 bits per heavy atom. The number of anilines is 1. The number of benzene rings is 2. The molecule has 124 valence electrons. The summed E-state index contributed by atoms with van der Waals surface area (Å²) in [6.45, 7) is 2.51. The standard InChI is InChI=1S/C20H21NO3/c1-2-12-21-18-11-7-6-10-17(18)20(24,19(21)23)14-16(22)13-15-8-4-3-5-9-15/h3-11,24H,2,12-14H2,1H3/t20-/m1/s1. The third kappa shape index (κ3) is 2.85. The lowest BCUT2D eigenvalue weighted by Gasteiger charge is -2.22. The summed E-state index contributed by atoms with van der Waals surface area (Å²) in [6.07, 6.45) is 0.804. The summed E-state index contributed by atoms with van der Waals surface area (Å²) < 4.78 is 0. The van der Waals surface area contributed by atoms with Crippen LogP contribution >= 0.6 is 0 Å². The van der Waals surface area contributed by atoms with Crippen molar-refractivity contribution in [3.8, 4) is 0 Å². The van der Waals surface area contributed by atoms with Crippen LogP contribution in [-0.4, -0.2) is 23.3 Å². The lowest BCUT2D eigenvalue weighted by Crippen LogP contribution is -2.42. The van der Waals surface area contributed by atoms with Crippen LogP contribution in [0.5, 0.6) is 0 Å². The van der Waals surface area contributed by atoms with E-state index in [1.54, 1.807) is 17.0 Å². The minimum atomic E-state index is -1.75. The number of fused-ring (bicyclic) bond motifs is 1. The molecule has 4 heteroatoms. The molecule has 1 aliphatic heterocycles. The van der Waals surface area contributed by atoms with Crippen LogP contribution in [0.15, 0.2) is 54.6 Å². The zero-order chi connectivity index (χ0) is 17.2. The van der Waals surface area contributed by atoms with Gasteiger partial charge in [0.2, 0.25) is 0 Å². The fraction of sp³-hybridized carbons (Fsp3) is 0.300. The predicted molar refractivity (Wildman–Crippen MR) is 92.8 cm³/mol. The molecule has 1 N–H and O–H groups in total. The third-order valence-electron chi connectivity index (χ3n) is 4.38. The van der Waals surface area contributed by atoms with E-state index >= 15 is 0 Å². The molecule has 2 aromatic carbocycles. The highest BCUT2D eigenvalue weighted by atomic mass is 16.3. The highest BCUT2D eigenvalue weighted by Gasteiger charge is 2.50. The first-order valence-corrected chi connectivity index (χ1v) is 8.25. The number of carbonyl (C=O) groups is 2. The molecule has 1 atom stereocenters. The molecule has 1 aliphatic rings. The van der Waals surface area contributed by atoms with Crippen LogP contribution in [0, 0.1) is 0 Å². The van der Waals surface area contributed by atoms with Crippen LogP contribution in [0.1, 0.15) is 30.9 Å². The van der Waals surface area contributed by atoms with Crippen LogP contribution in [0.2, 0.25) is 0 Å². The van der Waals surface area contributed by atoms with Crippen molar-refractivity contribution in [1.29, 1.82) is 0 Å². The maximum Gasteiger partial charge on any atom is 0.264 e. The molecule has 3 rings (SSSR count). The maximum absolute atomic E-state index is 12.8. The van der Waals surface area contributed by atoms with Crippen molar-refractivity contribution in [3.63, 3.8) is 0 Å². The first kappa shape index (κ1) is 16.4. The highest BCUT2D eigenvalue weighted by Crippen LogP contribution is 2.42. The molecule has 0 fully saturated rings. The van der Waals surface area contributed by atoms with E-state index < -0.39 is 11.5 Å². The van der Waals surface area contributed by atoms with Crippen LogP contribution in [0.3, 0.4) is 0 Å². The molecule has 0 aromatic heterocycles. The van der Waals surface area contributed by atoms with Gasteiger partial charge in [0.1, 0.15) is 5.78 Å². The highest BCUT2D eigenvalue weighted by molar-refractivity contribution is 6.09. The van der Waals surface area contributed by atoms with Crippen LogP contribution in [0.25, 0.3) is 0 Å². The lowest BCUT2D eigenvalue weighted by molar-refractivity contribution is -0.141. The zero-order valence-electron chi connectivity index (χ0n) is 13.7. The van der Waals surface area contributed by atoms with E-state index in [1.807, 2.05) is 49.4 Å². The topological polar surface area (TPSA) is 57.6 Å². The molecule has 0 saturated heterocycles. The predicted octanol–water partition coefficient (Wildman–Crippen LogP) is 2.83. The van der Waals surface area contributed by atoms with Gasteiger partial charge >= 0.3 is 0 Å². The molecule has 0 saturated carbocycles. The Morgan fingerprint density at radius 2 is 1.75 bits per heavy atom. The minimum Gasteiger partial charge on any atom is -0.375 e. The van der Waals surface area contributed by atoms with Gasteiger partial charge in [-0.1, -0.05) is 55.5 Å². The van der Waals surface area contributed by atoms with E-state index in [2.05, 4.69) is 0 Å². The Hall–Kier alpha value is -2.46. The lowest BCUT2D eigenvalue weighted by atomic mass is 9.88. The van der Waals surface area contributed by atoms with E-state index in [0.29, 0.717) is 17.8 Å². The summed E-state index contributed by atoms with van der Waals surface area (Å²) in [4.78, 5) is 26.8. The van der Waals surface area contributed by atoms with Gasteiger partial charge in [-0.25, -0.2) is 0 Å². The second-order valence-electron chi connectivity index (χ2n) is 6.21. The van der Waals surface area contributed by atoms with E-state index in [0.717, 1.165) is 12.0 Å². The first-order valence-electron chi connectivity index (χ1n) is 8.25. The molecule has 24 heavy (non-hydrogen) atoms. The molecule has 2 aromatic rings. The van der Waals surface area contributed by atoms with E-state index in [9.17, 15) is 14.7 Å². The van der Waals surface area contributed by atoms with Crippen LogP contribution in [-0.2, 0) is 21.6 Å². The van der Waals surface area contributed by atoms with Crippen molar-refractivity contribution >= 4 is 17.4 Å². The van der Waals surface area contributed by atoms with E-state index in [-0.39, 0.29) is 18.6 Å². The average molecular weight is 323 g/mol. The summed E-state index contributed by atoms with van der Waals surface area (Å²) in [6, 6.07) is 16.6. The number of hydrogen-bond donors (Lipinski definition) is 1. The number of rotatable bonds is 6. The van der Waals surface area contributed by atoms with Gasteiger partial charge in [0.25, 0.3) is 5.91 Å². The summed E-state index contributed by atoms with van der Waals surface area (Å²) in [5.41, 5.74) is 0.372. The number of para-hydroxylation sites is 1. The molecule has 0 aliphatic carbocycles. The molecule has 0 bridgehead atoms. The van der Waals surface area contributed by atoms with Crippen LogP contribution in [0.4, 0.5) is 5.69 Å². The molecule has 0 radical (unpaired) electrons. The molecule has 0 unspecified atom stereocenters. The first-order chi connectivity index (χ1) is 11.6. The fourth-order valence-corrected chi connectivity index (χ4v) is 3.29. The van der Waals surface area contributed by atoms with E-state index in [4.69, 9.17) is 0 Å². The second kappa shape index (κ2) is 6.57. The summed E-state index contributed by atoms with van der Waals surface area (Å²) in [7, 11) is 0. The van der Waals surface area contributed by atoms with Crippen molar-refractivity contribution in [1.82, 2.24) is 0 Å². The van der Waals surface area contributed by atoms with Crippen molar-refractivity contribution in [2.24, 2.45) is 0 Å². The van der Waals surface area contributed by atoms with E-state index in [1.165, 1.54) is 0 Å². The Labute approximate surface area is 141 Å². The third-order valence-corrected chi connectivity index (χ3v) is 4.38. The van der Waals surface area contributed by atoms with Gasteiger partial charge in [0.05, 0.1) is 5.69 Å². The minimum absolute atomic E-state index is 0.148. The molecule has 0 spiro atoms. The SMILES string of the molecule is CCCN1C(=O)[C@@](O)(CC(=O)Cc2ccccc2)c2ccccc21. The molecule has 1 heterocycles. The molecular weight excluding hydrogens is 302 g/mol. The quantitative estimate of drug-likeness (QED) is 0.889. The molecule has 1 amide bonds. The Bertz CT molecular complexity index is 756. The van der Waals surface area contributed by atoms with Gasteiger partial charge in [0, 0.05) is 24.9 Å². The number of nitrogens with zero attached hydrogens (tertiary/aromatic N) is 1. The maximum atomic E-state index is 12.8. The number of carbonyl (C=O) groups excluding carboxylic acids is 2. The number of aliphatic hydroxyl groups is 1. The van der Waals surface area contributed by atoms with Gasteiger partial charge in [0.15, 0.2) is 5.60 Å². The molecular formula is C20H21NO3. The summed E-state index contributed by atoms with van der Waals surface area (Å²) >= 11 is 0. The van der Waals surface area contributed by atoms with Gasteiger partial charge in [-0.15, -0.1) is 0 Å². The number of Topliss-reactive ketones (excluding diaryl/α,β-unsaturated/α-hetero) is 1. The van der Waals surface area contributed by atoms with Gasteiger partial charge in [-0.3, -0.25) is 9.59 Å². The fourth-order valence-electron chi connectivity index (χ4n) is 3.29. The average Bonchev–Trinajstić information content (AvgIpc) is 2.78. The number of amides is 1. The van der Waals surface area contributed by atoms with Gasteiger partial charge < -0.3 is 10.0 Å². The smallest absolute Gasteiger partial charge is 0.264 e.